The Bertz CT molecular complexity index is 1250. The van der Waals surface area contributed by atoms with E-state index in [9.17, 15) is 4.79 Å². The second kappa shape index (κ2) is 8.13. The Morgan fingerprint density at radius 1 is 0.933 bits per heavy atom. The van der Waals surface area contributed by atoms with Crippen molar-refractivity contribution in [2.45, 2.75) is 20.8 Å². The van der Waals surface area contributed by atoms with Crippen LogP contribution in [0.3, 0.4) is 0 Å². The van der Waals surface area contributed by atoms with Crippen molar-refractivity contribution >= 4 is 23.2 Å². The SMILES string of the molecule is Cc1cccc(-c2nc(C(=O)Nc3ccccc3C)nn2-c2ccc(C)c(Cl)c2)c1. The van der Waals surface area contributed by atoms with Gasteiger partial charge in [-0.25, -0.2) is 9.67 Å². The lowest BCUT2D eigenvalue weighted by Crippen LogP contribution is -2.15. The molecule has 0 unspecified atom stereocenters. The first-order valence-electron chi connectivity index (χ1n) is 9.60. The molecule has 1 heterocycles. The first-order valence-corrected chi connectivity index (χ1v) is 9.98. The lowest BCUT2D eigenvalue weighted by atomic mass is 10.1. The standard InChI is InChI=1S/C24H21ClN4O/c1-15-7-6-9-18(13-15)23-27-22(24(30)26-21-10-5-4-8-17(21)3)28-29(23)19-12-11-16(2)20(25)14-19/h4-14H,1-3H3,(H,26,30). The van der Waals surface area contributed by atoms with E-state index in [1.54, 1.807) is 4.68 Å². The molecule has 1 amide bonds. The molecule has 0 bridgehead atoms. The van der Waals surface area contributed by atoms with E-state index in [1.807, 2.05) is 87.5 Å². The molecule has 0 spiro atoms. The van der Waals surface area contributed by atoms with Crippen LogP contribution < -0.4 is 5.32 Å². The summed E-state index contributed by atoms with van der Waals surface area (Å²) in [7, 11) is 0. The Labute approximate surface area is 180 Å². The van der Waals surface area contributed by atoms with Crippen molar-refractivity contribution in [3.05, 3.63) is 94.3 Å². The summed E-state index contributed by atoms with van der Waals surface area (Å²) in [6.45, 7) is 5.89. The van der Waals surface area contributed by atoms with Crippen molar-refractivity contribution in [3.8, 4) is 17.1 Å². The minimum atomic E-state index is -0.366. The second-order valence-electron chi connectivity index (χ2n) is 7.24. The third-order valence-corrected chi connectivity index (χ3v) is 5.29. The average molecular weight is 417 g/mol. The molecular weight excluding hydrogens is 396 g/mol. The minimum absolute atomic E-state index is 0.0893. The van der Waals surface area contributed by atoms with E-state index in [1.165, 1.54) is 0 Å². The number of amides is 1. The van der Waals surface area contributed by atoms with Crippen LogP contribution in [0.1, 0.15) is 27.3 Å². The minimum Gasteiger partial charge on any atom is -0.319 e. The van der Waals surface area contributed by atoms with Crippen LogP contribution in [-0.4, -0.2) is 20.7 Å². The van der Waals surface area contributed by atoms with Crippen molar-refractivity contribution in [3.63, 3.8) is 0 Å². The van der Waals surface area contributed by atoms with Crippen LogP contribution in [-0.2, 0) is 0 Å². The Morgan fingerprint density at radius 3 is 2.47 bits per heavy atom. The summed E-state index contributed by atoms with van der Waals surface area (Å²) in [5, 5.41) is 8.05. The number of anilines is 1. The molecule has 0 aliphatic heterocycles. The summed E-state index contributed by atoms with van der Waals surface area (Å²) in [6, 6.07) is 21.2. The van der Waals surface area contributed by atoms with Gasteiger partial charge in [-0.3, -0.25) is 4.79 Å². The number of hydrogen-bond donors (Lipinski definition) is 1. The maximum Gasteiger partial charge on any atom is 0.295 e. The van der Waals surface area contributed by atoms with Gasteiger partial charge in [0.1, 0.15) is 0 Å². The van der Waals surface area contributed by atoms with Gasteiger partial charge in [-0.1, -0.05) is 59.6 Å². The number of aromatic nitrogens is 3. The van der Waals surface area contributed by atoms with Crippen LogP contribution >= 0.6 is 11.6 Å². The third kappa shape index (κ3) is 3.98. The largest absolute Gasteiger partial charge is 0.319 e. The summed E-state index contributed by atoms with van der Waals surface area (Å²) in [6.07, 6.45) is 0. The maximum absolute atomic E-state index is 12.9. The topological polar surface area (TPSA) is 59.8 Å². The van der Waals surface area contributed by atoms with E-state index in [4.69, 9.17) is 11.6 Å². The number of hydrogen-bond acceptors (Lipinski definition) is 3. The molecule has 4 rings (SSSR count). The molecule has 0 saturated heterocycles. The zero-order valence-corrected chi connectivity index (χ0v) is 17.7. The fraction of sp³-hybridized carbons (Fsp3) is 0.125. The summed E-state index contributed by atoms with van der Waals surface area (Å²) in [4.78, 5) is 17.5. The number of nitrogens with zero attached hydrogens (tertiary/aromatic N) is 3. The summed E-state index contributed by atoms with van der Waals surface area (Å²) >= 11 is 6.34. The van der Waals surface area contributed by atoms with Gasteiger partial charge in [0.2, 0.25) is 5.82 Å². The predicted octanol–water partition coefficient (Wildman–Crippen LogP) is 5.77. The molecule has 5 nitrogen and oxygen atoms in total. The predicted molar refractivity (Wildman–Crippen MR) is 120 cm³/mol. The quantitative estimate of drug-likeness (QED) is 0.459. The third-order valence-electron chi connectivity index (χ3n) is 4.88. The smallest absolute Gasteiger partial charge is 0.295 e. The van der Waals surface area contributed by atoms with Crippen LogP contribution in [0.25, 0.3) is 17.1 Å². The first kappa shape index (κ1) is 19.9. The number of rotatable bonds is 4. The number of carbonyl (C=O) groups excluding carboxylic acids is 1. The number of carbonyl (C=O) groups is 1. The Kier molecular flexibility index (Phi) is 5.38. The molecule has 6 heteroatoms. The van der Waals surface area contributed by atoms with Gasteiger partial charge in [0, 0.05) is 16.3 Å². The summed E-state index contributed by atoms with van der Waals surface area (Å²) < 4.78 is 1.66. The Morgan fingerprint density at radius 2 is 1.73 bits per heavy atom. The molecule has 0 atom stereocenters. The highest BCUT2D eigenvalue weighted by Gasteiger charge is 2.20. The zero-order valence-electron chi connectivity index (χ0n) is 17.0. The monoisotopic (exact) mass is 416 g/mol. The van der Waals surface area contributed by atoms with Gasteiger partial charge in [0.25, 0.3) is 5.91 Å². The van der Waals surface area contributed by atoms with E-state index < -0.39 is 0 Å². The van der Waals surface area contributed by atoms with Crippen LogP contribution in [0.2, 0.25) is 5.02 Å². The fourth-order valence-corrected chi connectivity index (χ4v) is 3.34. The highest BCUT2D eigenvalue weighted by molar-refractivity contribution is 6.31. The number of para-hydroxylation sites is 1. The molecule has 3 aromatic carbocycles. The van der Waals surface area contributed by atoms with Crippen LogP contribution in [0.5, 0.6) is 0 Å². The van der Waals surface area contributed by atoms with Crippen molar-refractivity contribution < 1.29 is 4.79 Å². The molecule has 150 valence electrons. The molecule has 0 radical (unpaired) electrons. The normalized spacial score (nSPS) is 10.8. The summed E-state index contributed by atoms with van der Waals surface area (Å²) in [5.41, 5.74) is 5.37. The number of benzene rings is 3. The molecule has 1 aromatic heterocycles. The van der Waals surface area contributed by atoms with Crippen LogP contribution in [0, 0.1) is 20.8 Å². The molecule has 1 N–H and O–H groups in total. The van der Waals surface area contributed by atoms with E-state index in [0.717, 1.165) is 33.6 Å². The first-order chi connectivity index (χ1) is 14.4. The molecular formula is C24H21ClN4O. The van der Waals surface area contributed by atoms with Gasteiger partial charge in [-0.15, -0.1) is 5.10 Å². The molecule has 0 saturated carbocycles. The Hall–Kier alpha value is -3.44. The number of halogens is 1. The maximum atomic E-state index is 12.9. The molecule has 0 aliphatic carbocycles. The molecule has 0 aliphatic rings. The molecule has 4 aromatic rings. The van der Waals surface area contributed by atoms with Crippen LogP contribution in [0.15, 0.2) is 66.7 Å². The van der Waals surface area contributed by atoms with Gasteiger partial charge in [0.05, 0.1) is 5.69 Å². The van der Waals surface area contributed by atoms with Gasteiger partial charge in [0.15, 0.2) is 5.82 Å². The second-order valence-corrected chi connectivity index (χ2v) is 7.65. The lowest BCUT2D eigenvalue weighted by Gasteiger charge is -2.08. The lowest BCUT2D eigenvalue weighted by molar-refractivity contribution is 0.101. The van der Waals surface area contributed by atoms with Gasteiger partial charge >= 0.3 is 0 Å². The zero-order chi connectivity index (χ0) is 21.3. The van der Waals surface area contributed by atoms with Gasteiger partial charge in [-0.05, 0) is 56.2 Å². The van der Waals surface area contributed by atoms with Crippen molar-refractivity contribution in [1.29, 1.82) is 0 Å². The van der Waals surface area contributed by atoms with Crippen molar-refractivity contribution in [1.82, 2.24) is 14.8 Å². The highest BCUT2D eigenvalue weighted by Crippen LogP contribution is 2.25. The summed E-state index contributed by atoms with van der Waals surface area (Å²) in [5.74, 6) is 0.301. The van der Waals surface area contributed by atoms with E-state index >= 15 is 0 Å². The van der Waals surface area contributed by atoms with Crippen molar-refractivity contribution in [2.24, 2.45) is 0 Å². The number of aryl methyl sites for hydroxylation is 3. The van der Waals surface area contributed by atoms with E-state index in [2.05, 4.69) is 15.4 Å². The van der Waals surface area contributed by atoms with Crippen molar-refractivity contribution in [2.75, 3.05) is 5.32 Å². The highest BCUT2D eigenvalue weighted by atomic mass is 35.5. The van der Waals surface area contributed by atoms with E-state index in [0.29, 0.717) is 10.8 Å². The Balaban J connectivity index is 1.80. The number of nitrogens with one attached hydrogen (secondary N) is 1. The van der Waals surface area contributed by atoms with Crippen LogP contribution in [0.4, 0.5) is 5.69 Å². The van der Waals surface area contributed by atoms with E-state index in [-0.39, 0.29) is 11.7 Å². The fourth-order valence-electron chi connectivity index (χ4n) is 3.16. The van der Waals surface area contributed by atoms with Gasteiger partial charge < -0.3 is 5.32 Å². The molecule has 0 fully saturated rings. The average Bonchev–Trinajstić information content (AvgIpc) is 3.17. The molecule has 30 heavy (non-hydrogen) atoms. The van der Waals surface area contributed by atoms with Gasteiger partial charge in [-0.2, -0.15) is 0 Å².